The van der Waals surface area contributed by atoms with Crippen LogP contribution in [0.4, 0.5) is 0 Å². The van der Waals surface area contributed by atoms with E-state index in [1.807, 2.05) is 30.6 Å². The fraction of sp³-hybridized carbons (Fsp3) is 0.235. The molecule has 0 saturated heterocycles. The topological polar surface area (TPSA) is 41.9 Å². The molecule has 22 heavy (non-hydrogen) atoms. The van der Waals surface area contributed by atoms with Crippen molar-refractivity contribution in [3.63, 3.8) is 0 Å². The SMILES string of the molecule is c1ccc(CN2CCc3cnc(-c4cccs4)nc3C2)nc1. The minimum absolute atomic E-state index is 0.841. The van der Waals surface area contributed by atoms with Gasteiger partial charge in [-0.3, -0.25) is 9.88 Å². The molecule has 3 aromatic rings. The third-order valence-electron chi connectivity index (χ3n) is 3.88. The molecule has 0 unspecified atom stereocenters. The van der Waals surface area contributed by atoms with Crippen LogP contribution in [0.3, 0.4) is 0 Å². The molecule has 1 aliphatic heterocycles. The lowest BCUT2D eigenvalue weighted by Gasteiger charge is -2.27. The molecule has 110 valence electrons. The van der Waals surface area contributed by atoms with Gasteiger partial charge in [0.1, 0.15) is 0 Å². The Labute approximate surface area is 133 Å². The number of thiophene rings is 1. The highest BCUT2D eigenvalue weighted by atomic mass is 32.1. The van der Waals surface area contributed by atoms with E-state index in [0.717, 1.165) is 48.1 Å². The smallest absolute Gasteiger partial charge is 0.169 e. The average Bonchev–Trinajstić information content (AvgIpc) is 3.10. The van der Waals surface area contributed by atoms with Crippen molar-refractivity contribution < 1.29 is 0 Å². The van der Waals surface area contributed by atoms with Crippen molar-refractivity contribution in [3.05, 3.63) is 65.1 Å². The van der Waals surface area contributed by atoms with E-state index in [1.165, 1.54) is 5.56 Å². The van der Waals surface area contributed by atoms with Crippen LogP contribution in [-0.4, -0.2) is 26.4 Å². The molecule has 4 heterocycles. The first-order chi connectivity index (χ1) is 10.9. The first-order valence-electron chi connectivity index (χ1n) is 7.39. The molecular formula is C17H16N4S. The van der Waals surface area contributed by atoms with Crippen molar-refractivity contribution in [2.45, 2.75) is 19.5 Å². The number of rotatable bonds is 3. The van der Waals surface area contributed by atoms with E-state index in [0.29, 0.717) is 0 Å². The summed E-state index contributed by atoms with van der Waals surface area (Å²) in [5, 5.41) is 2.06. The van der Waals surface area contributed by atoms with Crippen LogP contribution in [0, 0.1) is 0 Å². The maximum absolute atomic E-state index is 4.78. The minimum Gasteiger partial charge on any atom is -0.291 e. The maximum Gasteiger partial charge on any atom is 0.169 e. The van der Waals surface area contributed by atoms with Crippen molar-refractivity contribution in [2.24, 2.45) is 0 Å². The summed E-state index contributed by atoms with van der Waals surface area (Å²) in [6, 6.07) is 10.2. The molecule has 0 saturated carbocycles. The van der Waals surface area contributed by atoms with E-state index in [4.69, 9.17) is 4.98 Å². The third-order valence-corrected chi connectivity index (χ3v) is 4.74. The van der Waals surface area contributed by atoms with Gasteiger partial charge in [0.15, 0.2) is 5.82 Å². The number of nitrogens with zero attached hydrogens (tertiary/aromatic N) is 4. The van der Waals surface area contributed by atoms with Crippen LogP contribution in [-0.2, 0) is 19.5 Å². The van der Waals surface area contributed by atoms with E-state index < -0.39 is 0 Å². The summed E-state index contributed by atoms with van der Waals surface area (Å²) in [7, 11) is 0. The Hall–Kier alpha value is -2.11. The Morgan fingerprint density at radius 1 is 1.14 bits per heavy atom. The van der Waals surface area contributed by atoms with Crippen LogP contribution in [0.1, 0.15) is 17.0 Å². The standard InChI is InChI=1S/C17H16N4S/c1-2-7-18-14(4-1)11-21-8-6-13-10-19-17(20-15(13)12-21)16-5-3-9-22-16/h1-5,7,9-10H,6,8,11-12H2. The van der Waals surface area contributed by atoms with Gasteiger partial charge in [0.25, 0.3) is 0 Å². The predicted octanol–water partition coefficient (Wildman–Crippen LogP) is 3.16. The van der Waals surface area contributed by atoms with Gasteiger partial charge in [0, 0.05) is 32.0 Å². The quantitative estimate of drug-likeness (QED) is 0.745. The summed E-state index contributed by atoms with van der Waals surface area (Å²) in [6.07, 6.45) is 4.85. The molecule has 4 rings (SSSR count). The van der Waals surface area contributed by atoms with E-state index in [1.54, 1.807) is 11.3 Å². The highest BCUT2D eigenvalue weighted by molar-refractivity contribution is 7.13. The molecule has 1 aliphatic rings. The largest absolute Gasteiger partial charge is 0.291 e. The van der Waals surface area contributed by atoms with Crippen LogP contribution in [0.25, 0.3) is 10.7 Å². The lowest BCUT2D eigenvalue weighted by atomic mass is 10.1. The Morgan fingerprint density at radius 2 is 2.14 bits per heavy atom. The molecular weight excluding hydrogens is 292 g/mol. The maximum atomic E-state index is 4.78. The summed E-state index contributed by atoms with van der Waals surface area (Å²) >= 11 is 1.68. The van der Waals surface area contributed by atoms with Gasteiger partial charge in [-0.25, -0.2) is 9.97 Å². The fourth-order valence-corrected chi connectivity index (χ4v) is 3.40. The molecule has 0 spiro atoms. The molecule has 0 bridgehead atoms. The van der Waals surface area contributed by atoms with Crippen LogP contribution < -0.4 is 0 Å². The summed E-state index contributed by atoms with van der Waals surface area (Å²) in [5.74, 6) is 0.841. The van der Waals surface area contributed by atoms with Gasteiger partial charge < -0.3 is 0 Å². The van der Waals surface area contributed by atoms with Crippen LogP contribution in [0.15, 0.2) is 48.1 Å². The second-order valence-electron chi connectivity index (χ2n) is 5.42. The normalized spacial score (nSPS) is 14.7. The van der Waals surface area contributed by atoms with Crippen molar-refractivity contribution in [1.82, 2.24) is 19.9 Å². The van der Waals surface area contributed by atoms with Gasteiger partial charge in [0.2, 0.25) is 0 Å². The molecule has 5 heteroatoms. The van der Waals surface area contributed by atoms with Crippen molar-refractivity contribution in [3.8, 4) is 10.7 Å². The lowest BCUT2D eigenvalue weighted by molar-refractivity contribution is 0.238. The zero-order chi connectivity index (χ0) is 14.8. The summed E-state index contributed by atoms with van der Waals surface area (Å²) in [4.78, 5) is 17.2. The first-order valence-corrected chi connectivity index (χ1v) is 8.27. The Morgan fingerprint density at radius 3 is 2.95 bits per heavy atom. The second kappa shape index (κ2) is 5.94. The van der Waals surface area contributed by atoms with E-state index in [9.17, 15) is 0 Å². The average molecular weight is 308 g/mol. The summed E-state index contributed by atoms with van der Waals surface area (Å²) < 4.78 is 0. The molecule has 0 aliphatic carbocycles. The number of aromatic nitrogens is 3. The van der Waals surface area contributed by atoms with Crippen molar-refractivity contribution in [1.29, 1.82) is 0 Å². The van der Waals surface area contributed by atoms with Crippen molar-refractivity contribution in [2.75, 3.05) is 6.54 Å². The van der Waals surface area contributed by atoms with Crippen LogP contribution in [0.2, 0.25) is 0 Å². The number of fused-ring (bicyclic) bond motifs is 1. The van der Waals surface area contributed by atoms with Gasteiger partial charge in [-0.1, -0.05) is 12.1 Å². The van der Waals surface area contributed by atoms with Gasteiger partial charge in [-0.05, 0) is 35.6 Å². The molecule has 0 aromatic carbocycles. The fourth-order valence-electron chi connectivity index (χ4n) is 2.74. The monoisotopic (exact) mass is 308 g/mol. The Balaban J connectivity index is 1.55. The third kappa shape index (κ3) is 2.77. The van der Waals surface area contributed by atoms with Gasteiger partial charge in [0.05, 0.1) is 16.3 Å². The summed E-state index contributed by atoms with van der Waals surface area (Å²) in [6.45, 7) is 2.77. The second-order valence-corrected chi connectivity index (χ2v) is 6.37. The number of pyridine rings is 1. The molecule has 0 radical (unpaired) electrons. The molecule has 0 fully saturated rings. The lowest BCUT2D eigenvalue weighted by Crippen LogP contribution is -2.31. The Bertz CT molecular complexity index is 756. The predicted molar refractivity (Wildman–Crippen MR) is 87.4 cm³/mol. The molecule has 3 aromatic heterocycles. The highest BCUT2D eigenvalue weighted by Crippen LogP contribution is 2.24. The molecule has 0 N–H and O–H groups in total. The zero-order valence-electron chi connectivity index (χ0n) is 12.1. The van der Waals surface area contributed by atoms with E-state index >= 15 is 0 Å². The molecule has 0 amide bonds. The summed E-state index contributed by atoms with van der Waals surface area (Å²) in [5.41, 5.74) is 3.54. The molecule has 0 atom stereocenters. The minimum atomic E-state index is 0.841. The van der Waals surface area contributed by atoms with E-state index in [-0.39, 0.29) is 0 Å². The number of hydrogen-bond acceptors (Lipinski definition) is 5. The zero-order valence-corrected chi connectivity index (χ0v) is 13.0. The van der Waals surface area contributed by atoms with Crippen LogP contribution in [0.5, 0.6) is 0 Å². The van der Waals surface area contributed by atoms with Crippen LogP contribution >= 0.6 is 11.3 Å². The molecule has 4 nitrogen and oxygen atoms in total. The first kappa shape index (κ1) is 13.5. The number of hydrogen-bond donors (Lipinski definition) is 0. The van der Waals surface area contributed by atoms with Gasteiger partial charge in [-0.15, -0.1) is 11.3 Å². The van der Waals surface area contributed by atoms with Gasteiger partial charge in [-0.2, -0.15) is 0 Å². The van der Waals surface area contributed by atoms with Crippen molar-refractivity contribution >= 4 is 11.3 Å². The van der Waals surface area contributed by atoms with E-state index in [2.05, 4.69) is 32.4 Å². The Kier molecular flexibility index (Phi) is 3.66. The highest BCUT2D eigenvalue weighted by Gasteiger charge is 2.19. The van der Waals surface area contributed by atoms with Gasteiger partial charge >= 0.3 is 0 Å².